The first-order valence-electron chi connectivity index (χ1n) is 8.38. The smallest absolute Gasteiger partial charge is 0.214 e. The number of aromatic nitrogens is 1. The lowest BCUT2D eigenvalue weighted by molar-refractivity contribution is -0.481. The third-order valence-corrected chi connectivity index (χ3v) is 5.36. The van der Waals surface area contributed by atoms with Crippen LogP contribution in [0.5, 0.6) is 0 Å². The Morgan fingerprint density at radius 2 is 1.85 bits per heavy atom. The van der Waals surface area contributed by atoms with Crippen molar-refractivity contribution in [1.29, 1.82) is 0 Å². The molecule has 1 aromatic heterocycles. The zero-order chi connectivity index (χ0) is 18.3. The lowest BCUT2D eigenvalue weighted by Gasteiger charge is -2.14. The van der Waals surface area contributed by atoms with Gasteiger partial charge < -0.3 is 4.57 Å². The van der Waals surface area contributed by atoms with Crippen LogP contribution in [-0.4, -0.2) is 16.0 Å². The van der Waals surface area contributed by atoms with Crippen molar-refractivity contribution in [2.45, 2.75) is 5.92 Å². The minimum absolute atomic E-state index is 0.135. The summed E-state index contributed by atoms with van der Waals surface area (Å²) in [5.41, 5.74) is 3.01. The molecule has 4 nitrogen and oxygen atoms in total. The molecule has 0 radical (unpaired) electrons. The van der Waals surface area contributed by atoms with Gasteiger partial charge >= 0.3 is 0 Å². The number of nitro groups is 1. The maximum atomic E-state index is 11.4. The first kappa shape index (κ1) is 16.8. The van der Waals surface area contributed by atoms with Gasteiger partial charge in [0.25, 0.3) is 0 Å². The zero-order valence-corrected chi connectivity index (χ0v) is 15.8. The summed E-state index contributed by atoms with van der Waals surface area (Å²) in [5, 5.41) is 14.7. The van der Waals surface area contributed by atoms with Gasteiger partial charge in [0.05, 0.1) is 5.92 Å². The molecule has 1 unspecified atom stereocenters. The quantitative estimate of drug-likeness (QED) is 0.330. The van der Waals surface area contributed by atoms with Crippen LogP contribution in [0.3, 0.4) is 0 Å². The van der Waals surface area contributed by atoms with Crippen LogP contribution in [0.2, 0.25) is 0 Å². The van der Waals surface area contributed by atoms with Crippen LogP contribution < -0.4 is 0 Å². The summed E-state index contributed by atoms with van der Waals surface area (Å²) < 4.78 is 3.00. The number of nitrogens with zero attached hydrogens (tertiary/aromatic N) is 2. The van der Waals surface area contributed by atoms with Gasteiger partial charge in [-0.25, -0.2) is 0 Å². The molecule has 4 aromatic rings. The molecule has 130 valence electrons. The second-order valence-electron chi connectivity index (χ2n) is 6.53. The van der Waals surface area contributed by atoms with Crippen molar-refractivity contribution in [3.8, 4) is 0 Å². The lowest BCUT2D eigenvalue weighted by atomic mass is 9.89. The lowest BCUT2D eigenvalue weighted by Crippen LogP contribution is -2.13. The van der Waals surface area contributed by atoms with Crippen molar-refractivity contribution in [2.75, 3.05) is 6.54 Å². The fourth-order valence-electron chi connectivity index (χ4n) is 3.63. The van der Waals surface area contributed by atoms with Crippen LogP contribution in [0.25, 0.3) is 21.7 Å². The van der Waals surface area contributed by atoms with Gasteiger partial charge in [-0.2, -0.15) is 0 Å². The van der Waals surface area contributed by atoms with Gasteiger partial charge in [0.15, 0.2) is 0 Å². The summed E-state index contributed by atoms with van der Waals surface area (Å²) in [6.07, 6.45) is 2.01. The first-order valence-corrected chi connectivity index (χ1v) is 9.17. The molecule has 26 heavy (non-hydrogen) atoms. The standard InChI is InChI=1S/C21H17BrN2O2/c1-23-12-20(18-11-17(22)8-9-21(18)23)19(13-24(25)26)16-7-6-14-4-2-3-5-15(14)10-16/h2-12,19H,13H2,1H3. The van der Waals surface area contributed by atoms with E-state index in [4.69, 9.17) is 0 Å². The van der Waals surface area contributed by atoms with E-state index < -0.39 is 0 Å². The number of hydrogen-bond donors (Lipinski definition) is 0. The van der Waals surface area contributed by atoms with Crippen LogP contribution in [0.15, 0.2) is 71.3 Å². The highest BCUT2D eigenvalue weighted by molar-refractivity contribution is 9.10. The van der Waals surface area contributed by atoms with Gasteiger partial charge in [0.1, 0.15) is 0 Å². The predicted molar refractivity (Wildman–Crippen MR) is 108 cm³/mol. The molecule has 0 saturated carbocycles. The molecule has 5 heteroatoms. The monoisotopic (exact) mass is 408 g/mol. The summed E-state index contributed by atoms with van der Waals surface area (Å²) >= 11 is 3.52. The Balaban J connectivity index is 1.92. The van der Waals surface area contributed by atoms with Crippen LogP contribution >= 0.6 is 15.9 Å². The van der Waals surface area contributed by atoms with Crippen LogP contribution in [0.4, 0.5) is 0 Å². The third kappa shape index (κ3) is 2.99. The molecule has 1 heterocycles. The van der Waals surface area contributed by atoms with E-state index in [1.165, 1.54) is 0 Å². The summed E-state index contributed by atoms with van der Waals surface area (Å²) in [4.78, 5) is 11.2. The Labute approximate surface area is 159 Å². The molecule has 0 saturated heterocycles. The van der Waals surface area contributed by atoms with E-state index in [9.17, 15) is 10.1 Å². The largest absolute Gasteiger partial charge is 0.350 e. The average Bonchev–Trinajstić information content (AvgIpc) is 2.95. The molecule has 0 spiro atoms. The van der Waals surface area contributed by atoms with Gasteiger partial charge in [-0.15, -0.1) is 0 Å². The van der Waals surface area contributed by atoms with Crippen molar-refractivity contribution < 1.29 is 4.92 Å². The van der Waals surface area contributed by atoms with Crippen molar-refractivity contribution in [3.05, 3.63) is 92.6 Å². The van der Waals surface area contributed by atoms with E-state index >= 15 is 0 Å². The Morgan fingerprint density at radius 3 is 2.62 bits per heavy atom. The average molecular weight is 409 g/mol. The van der Waals surface area contributed by atoms with Crippen LogP contribution in [0, 0.1) is 10.1 Å². The Kier molecular flexibility index (Phi) is 4.24. The fraction of sp³-hybridized carbons (Fsp3) is 0.143. The number of hydrogen-bond acceptors (Lipinski definition) is 2. The van der Waals surface area contributed by atoms with E-state index in [2.05, 4.69) is 28.1 Å². The normalized spacial score (nSPS) is 12.5. The Morgan fingerprint density at radius 1 is 1.08 bits per heavy atom. The van der Waals surface area contributed by atoms with Gasteiger partial charge in [0, 0.05) is 33.5 Å². The molecule has 0 bridgehead atoms. The van der Waals surface area contributed by atoms with Crippen molar-refractivity contribution in [3.63, 3.8) is 0 Å². The number of fused-ring (bicyclic) bond motifs is 2. The number of aryl methyl sites for hydroxylation is 1. The van der Waals surface area contributed by atoms with Crippen molar-refractivity contribution in [1.82, 2.24) is 4.57 Å². The molecule has 0 aliphatic carbocycles. The summed E-state index contributed by atoms with van der Waals surface area (Å²) in [5.74, 6) is -0.299. The van der Waals surface area contributed by atoms with Crippen molar-refractivity contribution in [2.24, 2.45) is 7.05 Å². The van der Waals surface area contributed by atoms with Gasteiger partial charge in [-0.1, -0.05) is 58.4 Å². The van der Waals surface area contributed by atoms with Gasteiger partial charge in [-0.3, -0.25) is 10.1 Å². The highest BCUT2D eigenvalue weighted by atomic mass is 79.9. The molecule has 1 atom stereocenters. The number of rotatable bonds is 4. The minimum atomic E-state index is -0.299. The highest BCUT2D eigenvalue weighted by Gasteiger charge is 2.24. The van der Waals surface area contributed by atoms with E-state index in [0.717, 1.165) is 37.3 Å². The maximum absolute atomic E-state index is 11.4. The highest BCUT2D eigenvalue weighted by Crippen LogP contribution is 2.34. The summed E-state index contributed by atoms with van der Waals surface area (Å²) in [7, 11) is 1.98. The van der Waals surface area contributed by atoms with E-state index in [0.29, 0.717) is 0 Å². The molecule has 3 aromatic carbocycles. The SMILES string of the molecule is Cn1cc(C(C[N+](=O)[O-])c2ccc3ccccc3c2)c2cc(Br)ccc21. The zero-order valence-electron chi connectivity index (χ0n) is 14.2. The molecule has 0 aliphatic rings. The predicted octanol–water partition coefficient (Wildman–Crippen LogP) is 5.50. The summed E-state index contributed by atoms with van der Waals surface area (Å²) in [6.45, 7) is -0.135. The first-order chi connectivity index (χ1) is 12.5. The Bertz CT molecular complexity index is 1130. The van der Waals surface area contributed by atoms with E-state index in [1.807, 2.05) is 66.3 Å². The van der Waals surface area contributed by atoms with Crippen molar-refractivity contribution >= 4 is 37.6 Å². The second-order valence-corrected chi connectivity index (χ2v) is 7.45. The van der Waals surface area contributed by atoms with Gasteiger partial charge in [0.2, 0.25) is 6.54 Å². The molecular weight excluding hydrogens is 392 g/mol. The third-order valence-electron chi connectivity index (χ3n) is 4.87. The molecular formula is C21H17BrN2O2. The van der Waals surface area contributed by atoms with Gasteiger partial charge in [-0.05, 0) is 40.1 Å². The molecule has 0 fully saturated rings. The number of benzene rings is 3. The van der Waals surface area contributed by atoms with E-state index in [1.54, 1.807) is 0 Å². The fourth-order valence-corrected chi connectivity index (χ4v) is 3.99. The minimum Gasteiger partial charge on any atom is -0.350 e. The molecule has 4 rings (SSSR count). The molecule has 0 N–H and O–H groups in total. The van der Waals surface area contributed by atoms with E-state index in [-0.39, 0.29) is 17.4 Å². The van der Waals surface area contributed by atoms with Crippen LogP contribution in [0.1, 0.15) is 17.0 Å². The molecule has 0 aliphatic heterocycles. The molecule has 0 amide bonds. The van der Waals surface area contributed by atoms with Crippen LogP contribution in [-0.2, 0) is 7.05 Å². The Hall–Kier alpha value is -2.66. The topological polar surface area (TPSA) is 48.1 Å². The number of halogens is 1. The maximum Gasteiger partial charge on any atom is 0.214 e. The summed E-state index contributed by atoms with van der Waals surface area (Å²) in [6, 6.07) is 20.3. The second kappa shape index (κ2) is 6.57.